The molecule has 0 radical (unpaired) electrons. The summed E-state index contributed by atoms with van der Waals surface area (Å²) in [4.78, 5) is 19.5. The highest BCUT2D eigenvalue weighted by Gasteiger charge is 2.15. The molecule has 1 fully saturated rings. The number of carbonyl (C=O) groups is 1. The Morgan fingerprint density at radius 3 is 3.00 bits per heavy atom. The Kier molecular flexibility index (Phi) is 3.82. The van der Waals surface area contributed by atoms with Gasteiger partial charge in [0.25, 0.3) is 5.91 Å². The molecule has 0 saturated carbocycles. The molecule has 86 valence electrons. The summed E-state index contributed by atoms with van der Waals surface area (Å²) in [6, 6.07) is 0.218. The van der Waals surface area contributed by atoms with Gasteiger partial charge in [-0.25, -0.2) is 9.97 Å². The molecule has 16 heavy (non-hydrogen) atoms. The number of hydrogen-bond acceptors (Lipinski definition) is 4. The quantitative estimate of drug-likeness (QED) is 0.754. The zero-order valence-corrected chi connectivity index (χ0v) is 9.15. The Morgan fingerprint density at radius 1 is 1.38 bits per heavy atom. The minimum atomic E-state index is -0.0886. The number of hydrogen-bond donors (Lipinski definition) is 2. The molecule has 1 aliphatic heterocycles. The minimum Gasteiger partial charge on any atom is -0.348 e. The average Bonchev–Trinajstić information content (AvgIpc) is 2.59. The van der Waals surface area contributed by atoms with Gasteiger partial charge >= 0.3 is 0 Å². The third-order valence-corrected chi connectivity index (χ3v) is 2.70. The molecule has 2 N–H and O–H groups in total. The minimum absolute atomic E-state index is 0.0886. The van der Waals surface area contributed by atoms with E-state index < -0.39 is 0 Å². The maximum Gasteiger partial charge on any atom is 0.254 e. The van der Waals surface area contributed by atoms with Crippen LogP contribution in [0.1, 0.15) is 29.6 Å². The summed E-state index contributed by atoms with van der Waals surface area (Å²) in [5.41, 5.74) is 0.520. The fourth-order valence-electron chi connectivity index (χ4n) is 1.83. The lowest BCUT2D eigenvalue weighted by Crippen LogP contribution is -2.40. The van der Waals surface area contributed by atoms with E-state index >= 15 is 0 Å². The maximum atomic E-state index is 11.8. The second-order valence-corrected chi connectivity index (χ2v) is 4.00. The van der Waals surface area contributed by atoms with Gasteiger partial charge in [-0.2, -0.15) is 0 Å². The molecular formula is C11H16N4O. The lowest BCUT2D eigenvalue weighted by molar-refractivity contribution is 0.0935. The van der Waals surface area contributed by atoms with Crippen LogP contribution in [0.3, 0.4) is 0 Å². The Hall–Kier alpha value is -1.49. The second-order valence-electron chi connectivity index (χ2n) is 4.00. The van der Waals surface area contributed by atoms with Gasteiger partial charge in [-0.15, -0.1) is 0 Å². The van der Waals surface area contributed by atoms with Crippen LogP contribution in [0.2, 0.25) is 0 Å². The molecule has 2 rings (SSSR count). The number of amides is 1. The molecule has 1 amide bonds. The van der Waals surface area contributed by atoms with Gasteiger partial charge in [-0.05, 0) is 19.4 Å². The fraction of sp³-hybridized carbons (Fsp3) is 0.545. The number of rotatable bonds is 2. The van der Waals surface area contributed by atoms with Crippen LogP contribution in [0.25, 0.3) is 0 Å². The molecule has 1 aromatic rings. The summed E-state index contributed by atoms with van der Waals surface area (Å²) in [6.07, 6.45) is 7.86. The fourth-order valence-corrected chi connectivity index (χ4v) is 1.83. The SMILES string of the molecule is O=C(NC1CCCCNC1)c1cncnc1. The number of nitrogens with zero attached hydrogens (tertiary/aromatic N) is 2. The highest BCUT2D eigenvalue weighted by Crippen LogP contribution is 2.05. The topological polar surface area (TPSA) is 66.9 Å². The zero-order valence-electron chi connectivity index (χ0n) is 9.15. The molecule has 1 aromatic heterocycles. The number of carbonyl (C=O) groups excluding carboxylic acids is 1. The number of nitrogens with one attached hydrogen (secondary N) is 2. The molecule has 2 heterocycles. The number of aromatic nitrogens is 2. The summed E-state index contributed by atoms with van der Waals surface area (Å²) >= 11 is 0. The van der Waals surface area contributed by atoms with E-state index in [1.165, 1.54) is 25.1 Å². The van der Waals surface area contributed by atoms with Gasteiger partial charge in [0.1, 0.15) is 6.33 Å². The van der Waals surface area contributed by atoms with E-state index in [0.29, 0.717) is 5.56 Å². The Morgan fingerprint density at radius 2 is 2.19 bits per heavy atom. The summed E-state index contributed by atoms with van der Waals surface area (Å²) in [7, 11) is 0. The largest absolute Gasteiger partial charge is 0.348 e. The van der Waals surface area contributed by atoms with Crippen LogP contribution in [0, 0.1) is 0 Å². The van der Waals surface area contributed by atoms with Crippen LogP contribution in [-0.2, 0) is 0 Å². The van der Waals surface area contributed by atoms with E-state index in [2.05, 4.69) is 20.6 Å². The normalized spacial score (nSPS) is 21.1. The molecule has 0 aliphatic carbocycles. The molecule has 0 bridgehead atoms. The van der Waals surface area contributed by atoms with Crippen LogP contribution in [-0.4, -0.2) is 35.0 Å². The predicted octanol–water partition coefficient (Wildman–Crippen LogP) is 0.348. The first-order chi connectivity index (χ1) is 7.86. The average molecular weight is 220 g/mol. The van der Waals surface area contributed by atoms with Crippen molar-refractivity contribution in [3.05, 3.63) is 24.3 Å². The van der Waals surface area contributed by atoms with Gasteiger partial charge in [0, 0.05) is 25.0 Å². The molecule has 5 heteroatoms. The highest BCUT2D eigenvalue weighted by molar-refractivity contribution is 5.93. The van der Waals surface area contributed by atoms with E-state index in [1.54, 1.807) is 0 Å². The summed E-state index contributed by atoms with van der Waals surface area (Å²) < 4.78 is 0. The lowest BCUT2D eigenvalue weighted by Gasteiger charge is -2.15. The van der Waals surface area contributed by atoms with Crippen molar-refractivity contribution in [2.24, 2.45) is 0 Å². The third kappa shape index (κ3) is 3.00. The molecular weight excluding hydrogens is 204 g/mol. The van der Waals surface area contributed by atoms with E-state index in [4.69, 9.17) is 0 Å². The molecule has 1 aliphatic rings. The van der Waals surface area contributed by atoms with Crippen molar-refractivity contribution >= 4 is 5.91 Å². The van der Waals surface area contributed by atoms with Crippen molar-refractivity contribution in [1.82, 2.24) is 20.6 Å². The molecule has 1 unspecified atom stereocenters. The van der Waals surface area contributed by atoms with Crippen LogP contribution < -0.4 is 10.6 Å². The van der Waals surface area contributed by atoms with Crippen molar-refractivity contribution in [3.63, 3.8) is 0 Å². The third-order valence-electron chi connectivity index (χ3n) is 2.70. The van der Waals surface area contributed by atoms with E-state index in [1.807, 2.05) is 0 Å². The standard InChI is InChI=1S/C11H16N4O/c16-11(9-5-13-8-14-6-9)15-10-3-1-2-4-12-7-10/h5-6,8,10,12H,1-4,7H2,(H,15,16). The van der Waals surface area contributed by atoms with Gasteiger partial charge < -0.3 is 10.6 Å². The maximum absolute atomic E-state index is 11.8. The predicted molar refractivity (Wildman–Crippen MR) is 60.0 cm³/mol. The van der Waals surface area contributed by atoms with Crippen molar-refractivity contribution in [3.8, 4) is 0 Å². The first-order valence-electron chi connectivity index (χ1n) is 5.63. The second kappa shape index (κ2) is 5.55. The van der Waals surface area contributed by atoms with Gasteiger partial charge in [-0.3, -0.25) is 4.79 Å². The van der Waals surface area contributed by atoms with Gasteiger partial charge in [0.15, 0.2) is 0 Å². The van der Waals surface area contributed by atoms with Crippen molar-refractivity contribution in [1.29, 1.82) is 0 Å². The Balaban J connectivity index is 1.91. The Bertz CT molecular complexity index is 333. The highest BCUT2D eigenvalue weighted by atomic mass is 16.1. The smallest absolute Gasteiger partial charge is 0.254 e. The van der Waals surface area contributed by atoms with E-state index in [9.17, 15) is 4.79 Å². The molecule has 1 saturated heterocycles. The van der Waals surface area contributed by atoms with Crippen molar-refractivity contribution in [2.75, 3.05) is 13.1 Å². The molecule has 0 spiro atoms. The van der Waals surface area contributed by atoms with Crippen molar-refractivity contribution in [2.45, 2.75) is 25.3 Å². The molecule has 1 atom stereocenters. The van der Waals surface area contributed by atoms with E-state index in [-0.39, 0.29) is 11.9 Å². The van der Waals surface area contributed by atoms with Gasteiger partial charge in [0.05, 0.1) is 5.56 Å². The van der Waals surface area contributed by atoms with Crippen LogP contribution in [0.15, 0.2) is 18.7 Å². The van der Waals surface area contributed by atoms with E-state index in [0.717, 1.165) is 25.9 Å². The van der Waals surface area contributed by atoms with Crippen molar-refractivity contribution < 1.29 is 4.79 Å². The first kappa shape index (κ1) is 11.0. The first-order valence-corrected chi connectivity index (χ1v) is 5.63. The monoisotopic (exact) mass is 220 g/mol. The Labute approximate surface area is 94.7 Å². The van der Waals surface area contributed by atoms with Crippen LogP contribution >= 0.6 is 0 Å². The van der Waals surface area contributed by atoms with Crippen LogP contribution in [0.4, 0.5) is 0 Å². The van der Waals surface area contributed by atoms with Crippen LogP contribution in [0.5, 0.6) is 0 Å². The summed E-state index contributed by atoms with van der Waals surface area (Å²) in [6.45, 7) is 1.89. The zero-order chi connectivity index (χ0) is 11.2. The summed E-state index contributed by atoms with van der Waals surface area (Å²) in [5.74, 6) is -0.0886. The summed E-state index contributed by atoms with van der Waals surface area (Å²) in [5, 5.41) is 6.30. The van der Waals surface area contributed by atoms with Gasteiger partial charge in [-0.1, -0.05) is 6.42 Å². The van der Waals surface area contributed by atoms with Gasteiger partial charge in [0.2, 0.25) is 0 Å². The molecule has 5 nitrogen and oxygen atoms in total. The molecule has 0 aromatic carbocycles. The lowest BCUT2D eigenvalue weighted by atomic mass is 10.1.